The lowest BCUT2D eigenvalue weighted by Crippen LogP contribution is -2.47. The van der Waals surface area contributed by atoms with Crippen LogP contribution in [0.1, 0.15) is 129 Å². The lowest BCUT2D eigenvalue weighted by atomic mass is 9.59. The molecule has 5 rings (SSSR count). The van der Waals surface area contributed by atoms with E-state index in [1.165, 1.54) is 13.5 Å². The van der Waals surface area contributed by atoms with Crippen molar-refractivity contribution in [3.05, 3.63) is 0 Å². The van der Waals surface area contributed by atoms with Crippen molar-refractivity contribution in [3.63, 3.8) is 0 Å². The summed E-state index contributed by atoms with van der Waals surface area (Å²) in [6.07, 6.45) is 25.2. The molecule has 0 aromatic heterocycles. The lowest BCUT2D eigenvalue weighted by Gasteiger charge is -2.46. The van der Waals surface area contributed by atoms with Crippen LogP contribution in [-0.2, 0) is 52.6 Å². The first-order valence-electron chi connectivity index (χ1n) is 20.5. The molecule has 0 aliphatic heterocycles. The maximum Gasteiger partial charge on any atom is 0.312 e. The Kier molecular flexibility index (Phi) is 15.8. The molecule has 5 saturated carbocycles. The van der Waals surface area contributed by atoms with Crippen molar-refractivity contribution >= 4 is 23.9 Å². The van der Waals surface area contributed by atoms with Crippen LogP contribution in [0, 0.1) is 65.7 Å². The number of hydrogen-bond acceptors (Lipinski definition) is 11. The monoisotopic (exact) mass is 772 g/mol. The number of esters is 2. The Balaban J connectivity index is 1.07. The Morgan fingerprint density at radius 3 is 1.76 bits per heavy atom. The van der Waals surface area contributed by atoms with E-state index in [1.807, 2.05) is 6.92 Å². The number of methoxy groups -OCH3 is 1. The Labute approximate surface area is 325 Å². The molecule has 306 valence electrons. The van der Waals surface area contributed by atoms with E-state index in [2.05, 4.69) is 18.3 Å². The first-order chi connectivity index (χ1) is 26.5. The zero-order valence-corrected chi connectivity index (χ0v) is 32.5. The van der Waals surface area contributed by atoms with Gasteiger partial charge in [-0.15, -0.1) is 0 Å². The van der Waals surface area contributed by atoms with Gasteiger partial charge in [0.2, 0.25) is 0 Å². The number of hydrogen-bond donors (Lipinski definition) is 2. The van der Waals surface area contributed by atoms with Crippen LogP contribution in [0.5, 0.6) is 0 Å². The minimum absolute atomic E-state index is 0.0152. The van der Waals surface area contributed by atoms with Gasteiger partial charge in [0.05, 0.1) is 43.0 Å². The van der Waals surface area contributed by atoms with Crippen LogP contribution < -0.4 is 0 Å². The number of aliphatic carboxylic acids is 2. The molecule has 0 amide bonds. The minimum Gasteiger partial charge on any atom is -0.481 e. The third-order valence-electron chi connectivity index (χ3n) is 13.4. The largest absolute Gasteiger partial charge is 0.481 e. The van der Waals surface area contributed by atoms with Crippen LogP contribution in [0.3, 0.4) is 0 Å². The van der Waals surface area contributed by atoms with E-state index in [0.717, 1.165) is 38.5 Å². The Morgan fingerprint density at radius 1 is 0.636 bits per heavy atom. The lowest BCUT2D eigenvalue weighted by molar-refractivity contribution is -0.338. The van der Waals surface area contributed by atoms with Gasteiger partial charge in [0.25, 0.3) is 0 Å². The highest BCUT2D eigenvalue weighted by Crippen LogP contribution is 2.50. The Bertz CT molecular complexity index is 1390. The predicted molar refractivity (Wildman–Crippen MR) is 196 cm³/mol. The van der Waals surface area contributed by atoms with Gasteiger partial charge in [-0.05, 0) is 134 Å². The second-order valence-corrected chi connectivity index (χ2v) is 16.6. The highest BCUT2D eigenvalue weighted by Gasteiger charge is 2.51. The number of carbonyl (C=O) groups is 4. The number of rotatable bonds is 14. The van der Waals surface area contributed by atoms with Gasteiger partial charge in [-0.2, -0.15) is 0 Å². The van der Waals surface area contributed by atoms with Crippen LogP contribution in [-0.4, -0.2) is 78.3 Å². The van der Waals surface area contributed by atoms with E-state index >= 15 is 0 Å². The van der Waals surface area contributed by atoms with Gasteiger partial charge in [-0.25, -0.2) is 9.78 Å². The quantitative estimate of drug-likeness (QED) is 0.0860. The second kappa shape index (κ2) is 20.5. The minimum atomic E-state index is -1.03. The molecule has 0 aromatic carbocycles. The zero-order valence-electron chi connectivity index (χ0n) is 32.5. The SMILES string of the molecule is C#COC1CCC(C(=O)O)C(C(=O)OC2CCC(C(C)(C(=O)OC)C3CCC(OOCC4CC(OC#COC5CCCCC5)CCC4C(=O)O)CC3)CC2)C1. The molecule has 0 bridgehead atoms. The van der Waals surface area contributed by atoms with Gasteiger partial charge >= 0.3 is 23.9 Å². The van der Waals surface area contributed by atoms with Crippen LogP contribution >= 0.6 is 0 Å². The van der Waals surface area contributed by atoms with Crippen molar-refractivity contribution in [2.75, 3.05) is 13.7 Å². The highest BCUT2D eigenvalue weighted by molar-refractivity contribution is 5.81. The van der Waals surface area contributed by atoms with Crippen LogP contribution in [0.15, 0.2) is 0 Å². The first-order valence-corrected chi connectivity index (χ1v) is 20.5. The smallest absolute Gasteiger partial charge is 0.312 e. The van der Waals surface area contributed by atoms with E-state index in [0.29, 0.717) is 70.6 Å². The fourth-order valence-corrected chi connectivity index (χ4v) is 10.0. The summed E-state index contributed by atoms with van der Waals surface area (Å²) < 4.78 is 27.9. The third kappa shape index (κ3) is 11.2. The van der Waals surface area contributed by atoms with Crippen molar-refractivity contribution in [2.24, 2.45) is 40.9 Å². The van der Waals surface area contributed by atoms with Crippen molar-refractivity contribution in [3.8, 4) is 24.7 Å². The fraction of sp³-hybridized carbons (Fsp3) is 0.810. The van der Waals surface area contributed by atoms with E-state index in [9.17, 15) is 29.4 Å². The van der Waals surface area contributed by atoms with Crippen LogP contribution in [0.4, 0.5) is 0 Å². The van der Waals surface area contributed by atoms with Crippen LogP contribution in [0.2, 0.25) is 0 Å². The average Bonchev–Trinajstić information content (AvgIpc) is 3.19. The fourth-order valence-electron chi connectivity index (χ4n) is 10.0. The normalized spacial score (nSPS) is 33.9. The summed E-state index contributed by atoms with van der Waals surface area (Å²) in [5.41, 5.74) is -0.747. The van der Waals surface area contributed by atoms with Crippen molar-refractivity contribution < 1.29 is 62.9 Å². The topological polar surface area (TPSA) is 173 Å². The summed E-state index contributed by atoms with van der Waals surface area (Å²) in [6.45, 7) is 2.12. The van der Waals surface area contributed by atoms with E-state index in [-0.39, 0.29) is 67.3 Å². The molecule has 5 fully saturated rings. The molecule has 7 unspecified atom stereocenters. The Hall–Kier alpha value is -3.68. The first kappa shape index (κ1) is 42.5. The molecular formula is C42H60O13. The molecule has 13 nitrogen and oxygen atoms in total. The maximum absolute atomic E-state index is 13.5. The average molecular weight is 773 g/mol. The molecule has 0 radical (unpaired) electrons. The molecule has 0 aromatic rings. The molecule has 55 heavy (non-hydrogen) atoms. The second-order valence-electron chi connectivity index (χ2n) is 16.6. The van der Waals surface area contributed by atoms with Crippen molar-refractivity contribution in [1.29, 1.82) is 0 Å². The van der Waals surface area contributed by atoms with Gasteiger partial charge < -0.3 is 33.9 Å². The van der Waals surface area contributed by atoms with Crippen molar-refractivity contribution in [2.45, 2.75) is 159 Å². The maximum atomic E-state index is 13.5. The summed E-state index contributed by atoms with van der Waals surface area (Å²) in [5, 5.41) is 19.6. The zero-order chi connectivity index (χ0) is 39.4. The molecule has 5 aliphatic rings. The molecule has 13 heteroatoms. The molecule has 2 N–H and O–H groups in total. The summed E-state index contributed by atoms with van der Waals surface area (Å²) in [4.78, 5) is 62.2. The summed E-state index contributed by atoms with van der Waals surface area (Å²) in [5.74, 6) is -5.11. The summed E-state index contributed by atoms with van der Waals surface area (Å²) in [7, 11) is 1.42. The Morgan fingerprint density at radius 2 is 1.18 bits per heavy atom. The van der Waals surface area contributed by atoms with E-state index < -0.39 is 41.1 Å². The van der Waals surface area contributed by atoms with Crippen molar-refractivity contribution in [1.82, 2.24) is 0 Å². The number of carbonyl (C=O) groups excluding carboxylic acids is 2. The van der Waals surface area contributed by atoms with Gasteiger partial charge in [-0.1, -0.05) is 12.8 Å². The number of carboxylic acid groups (broad SMARTS) is 2. The number of terminal acetylenes is 1. The van der Waals surface area contributed by atoms with Gasteiger partial charge in [0, 0.05) is 5.92 Å². The van der Waals surface area contributed by atoms with Gasteiger partial charge in [0.1, 0.15) is 30.5 Å². The summed E-state index contributed by atoms with van der Waals surface area (Å²) in [6, 6.07) is 0. The molecule has 0 spiro atoms. The van der Waals surface area contributed by atoms with E-state index in [4.69, 9.17) is 39.9 Å². The van der Waals surface area contributed by atoms with Gasteiger partial charge in [-0.3, -0.25) is 19.2 Å². The number of carboxylic acids is 2. The predicted octanol–water partition coefficient (Wildman–Crippen LogP) is 6.41. The summed E-state index contributed by atoms with van der Waals surface area (Å²) >= 11 is 0. The number of ether oxygens (including phenoxy) is 5. The molecule has 7 atom stereocenters. The van der Waals surface area contributed by atoms with Crippen LogP contribution in [0.25, 0.3) is 0 Å². The third-order valence-corrected chi connectivity index (χ3v) is 13.4. The molecular weight excluding hydrogens is 712 g/mol. The van der Waals surface area contributed by atoms with Gasteiger partial charge in [0.15, 0.2) is 12.2 Å². The molecule has 5 aliphatic carbocycles. The highest BCUT2D eigenvalue weighted by atomic mass is 17.2. The molecule has 0 heterocycles. The van der Waals surface area contributed by atoms with E-state index in [1.54, 1.807) is 0 Å². The standard InChI is InChI=1S/C42H60O13/c1-4-50-34-19-21-36(39(45)46)37(25-34)40(47)54-31-14-10-28(11-15-31)42(2,41(48)49-3)29-12-16-32(17-13-29)55-53-26-27-24-33(18-20-35(27)38(43)44)52-23-22-51-30-8-6-5-7-9-30/h1,27-37H,5-21,24-26H2,2-3H3,(H,43,44)(H,45,46). The molecule has 0 saturated heterocycles.